The van der Waals surface area contributed by atoms with E-state index in [1.807, 2.05) is 11.8 Å². The van der Waals surface area contributed by atoms with E-state index in [1.165, 1.54) is 95.6 Å². The Labute approximate surface area is 198 Å². The van der Waals surface area contributed by atoms with Crippen molar-refractivity contribution in [1.82, 2.24) is 0 Å². The van der Waals surface area contributed by atoms with Crippen molar-refractivity contribution in [1.29, 1.82) is 0 Å². The van der Waals surface area contributed by atoms with Gasteiger partial charge in [0.15, 0.2) is 0 Å². The molecule has 30 heavy (non-hydrogen) atoms. The third kappa shape index (κ3) is 23.4. The number of rotatable bonds is 23. The summed E-state index contributed by atoms with van der Waals surface area (Å²) in [4.78, 5) is 0. The lowest BCUT2D eigenvalue weighted by molar-refractivity contribution is 0.234. The van der Waals surface area contributed by atoms with Crippen LogP contribution in [0.3, 0.4) is 0 Å². The van der Waals surface area contributed by atoms with Gasteiger partial charge in [-0.2, -0.15) is 10.6 Å². The molecule has 0 aromatic rings. The minimum Gasteiger partial charge on any atom is -0.285 e. The second-order valence-electron chi connectivity index (χ2n) is 8.54. The topological polar surface area (TPSA) is 18.5 Å². The van der Waals surface area contributed by atoms with Gasteiger partial charge in [0, 0.05) is 12.5 Å². The minimum atomic E-state index is -1.42. The van der Waals surface area contributed by atoms with Crippen molar-refractivity contribution in [2.24, 2.45) is 0 Å². The highest BCUT2D eigenvalue weighted by Gasteiger charge is 2.18. The van der Waals surface area contributed by atoms with Crippen molar-refractivity contribution in [2.75, 3.05) is 24.9 Å². The van der Waals surface area contributed by atoms with E-state index in [-0.39, 0.29) is 7.43 Å². The molecule has 1 atom stereocenters. The van der Waals surface area contributed by atoms with Crippen molar-refractivity contribution >= 4 is 30.2 Å². The van der Waals surface area contributed by atoms with Gasteiger partial charge in [-0.25, -0.2) is 0 Å². The Kier molecular flexibility index (Phi) is 26.7. The Balaban J connectivity index is 0. The Morgan fingerprint density at radius 1 is 0.733 bits per heavy atom. The Bertz CT molecular complexity index is 330. The summed E-state index contributed by atoms with van der Waals surface area (Å²) in [6, 6.07) is 0. The first-order valence-electron chi connectivity index (χ1n) is 12.4. The molecule has 0 bridgehead atoms. The summed E-state index contributed by atoms with van der Waals surface area (Å²) in [5, 5.41) is 0. The zero-order valence-corrected chi connectivity index (χ0v) is 21.9. The highest BCUT2D eigenvalue weighted by molar-refractivity contribution is 8.25. The molecular formula is C25H55BO2S2. The van der Waals surface area contributed by atoms with Gasteiger partial charge in [-0.1, -0.05) is 105 Å². The molecule has 0 saturated carbocycles. The van der Waals surface area contributed by atoms with Gasteiger partial charge in [0.25, 0.3) is 0 Å². The molecule has 0 heterocycles. The molecule has 182 valence electrons. The zero-order valence-electron chi connectivity index (χ0n) is 20.2. The third-order valence-electron chi connectivity index (χ3n) is 5.15. The summed E-state index contributed by atoms with van der Waals surface area (Å²) in [5.74, 6) is 1.22. The molecule has 0 aliphatic rings. The van der Waals surface area contributed by atoms with Gasteiger partial charge < -0.3 is 0 Å². The van der Waals surface area contributed by atoms with Crippen molar-refractivity contribution in [3.63, 3.8) is 0 Å². The van der Waals surface area contributed by atoms with Gasteiger partial charge in [-0.15, -0.1) is 11.8 Å². The predicted octanol–water partition coefficient (Wildman–Crippen LogP) is 9.48. The molecule has 0 rings (SSSR count). The van der Waals surface area contributed by atoms with Crippen molar-refractivity contribution < 1.29 is 8.37 Å². The summed E-state index contributed by atoms with van der Waals surface area (Å²) in [6.07, 6.45) is 25.8. The fourth-order valence-corrected chi connectivity index (χ4v) is 6.26. The molecule has 1 unspecified atom stereocenters. The van der Waals surface area contributed by atoms with Crippen LogP contribution in [0.5, 0.6) is 0 Å². The van der Waals surface area contributed by atoms with Gasteiger partial charge in [0.1, 0.15) is 5.44 Å². The van der Waals surface area contributed by atoms with Crippen molar-refractivity contribution in [3.05, 3.63) is 0 Å². The number of unbranched alkanes of at least 4 members (excludes halogenated alkanes) is 12. The average Bonchev–Trinajstić information content (AvgIpc) is 2.69. The van der Waals surface area contributed by atoms with Crippen LogP contribution in [0, 0.1) is 0 Å². The van der Waals surface area contributed by atoms with Crippen molar-refractivity contribution in [2.45, 2.75) is 136 Å². The Hall–Kier alpha value is 0.685. The third-order valence-corrected chi connectivity index (χ3v) is 7.93. The maximum atomic E-state index is 6.52. The number of hydrogen-bond acceptors (Lipinski definition) is 3. The molecule has 2 nitrogen and oxygen atoms in total. The summed E-state index contributed by atoms with van der Waals surface area (Å²) in [7, 11) is 4.14. The average molecular weight is 463 g/mol. The molecule has 0 aliphatic carbocycles. The molecule has 0 saturated heterocycles. The van der Waals surface area contributed by atoms with E-state index in [0.717, 1.165) is 25.8 Å². The molecule has 5 heteroatoms. The smallest absolute Gasteiger partial charge is 0.127 e. The standard InChI is InChI=1S/C24H51BO2S2.CH4/c1-5-7-9-11-15-19-23-28-24(20-16-12-10-8-6-2)27-29(3,4)26-22-18-14-13-17-21-25;/h24H,5-23H2,1-4H3;1H4. The highest BCUT2D eigenvalue weighted by atomic mass is 32.3. The van der Waals surface area contributed by atoms with Crippen LogP contribution in [0.2, 0.25) is 6.32 Å². The van der Waals surface area contributed by atoms with Gasteiger partial charge in [0.05, 0.1) is 14.5 Å². The maximum absolute atomic E-state index is 6.52. The quantitative estimate of drug-likeness (QED) is 0.0855. The molecule has 0 N–H and O–H groups in total. The lowest BCUT2D eigenvalue weighted by atomic mass is 9.99. The van der Waals surface area contributed by atoms with E-state index in [0.29, 0.717) is 5.44 Å². The normalized spacial score (nSPS) is 13.2. The summed E-state index contributed by atoms with van der Waals surface area (Å²) in [6.45, 7) is 5.38. The van der Waals surface area contributed by atoms with E-state index in [1.54, 1.807) is 0 Å². The van der Waals surface area contributed by atoms with Crippen LogP contribution in [0.25, 0.3) is 0 Å². The largest absolute Gasteiger partial charge is 0.285 e. The van der Waals surface area contributed by atoms with Crippen molar-refractivity contribution in [3.8, 4) is 0 Å². The highest BCUT2D eigenvalue weighted by Crippen LogP contribution is 2.46. The lowest BCUT2D eigenvalue weighted by Gasteiger charge is -2.38. The monoisotopic (exact) mass is 462 g/mol. The first-order valence-corrected chi connectivity index (χ1v) is 15.8. The summed E-state index contributed by atoms with van der Waals surface area (Å²) in [5.41, 5.74) is 0.300. The SMILES string of the molecule is C.[B]CCCCCCOS(C)(C)OC(CCCCCCC)SCCCCCCCC. The van der Waals surface area contributed by atoms with E-state index in [2.05, 4.69) is 26.4 Å². The van der Waals surface area contributed by atoms with Crippen LogP contribution in [0.15, 0.2) is 0 Å². The van der Waals surface area contributed by atoms with Crippen LogP contribution >= 0.6 is 22.4 Å². The molecule has 0 amide bonds. The molecule has 0 spiro atoms. The van der Waals surface area contributed by atoms with Gasteiger partial charge in [-0.3, -0.25) is 8.37 Å². The first-order chi connectivity index (χ1) is 14.1. The van der Waals surface area contributed by atoms with Crippen LogP contribution < -0.4 is 0 Å². The fourth-order valence-electron chi connectivity index (χ4n) is 3.32. The zero-order chi connectivity index (χ0) is 21.6. The van der Waals surface area contributed by atoms with Crippen LogP contribution in [0.1, 0.15) is 124 Å². The number of thioether (sulfide) groups is 1. The van der Waals surface area contributed by atoms with E-state index in [4.69, 9.17) is 16.2 Å². The second-order valence-corrected chi connectivity index (χ2v) is 12.5. The van der Waals surface area contributed by atoms with E-state index < -0.39 is 10.6 Å². The Morgan fingerprint density at radius 3 is 1.90 bits per heavy atom. The molecule has 0 aliphatic heterocycles. The fraction of sp³-hybridized carbons (Fsp3) is 1.00. The van der Waals surface area contributed by atoms with Crippen LogP contribution in [-0.2, 0) is 8.37 Å². The summed E-state index contributed by atoms with van der Waals surface area (Å²) < 4.78 is 12.7. The second kappa shape index (κ2) is 24.3. The first kappa shape index (κ1) is 32.9. The maximum Gasteiger partial charge on any atom is 0.127 e. The Morgan fingerprint density at radius 2 is 1.27 bits per heavy atom. The lowest BCUT2D eigenvalue weighted by Crippen LogP contribution is -2.15. The van der Waals surface area contributed by atoms with E-state index in [9.17, 15) is 0 Å². The van der Waals surface area contributed by atoms with Gasteiger partial charge in [0.2, 0.25) is 0 Å². The van der Waals surface area contributed by atoms with Gasteiger partial charge in [-0.05, 0) is 31.4 Å². The summed E-state index contributed by atoms with van der Waals surface area (Å²) >= 11 is 2.03. The molecule has 0 aromatic heterocycles. The minimum absolute atomic E-state index is 0. The van der Waals surface area contributed by atoms with Crippen LogP contribution in [-0.4, -0.2) is 38.2 Å². The number of hydrogen-bond donors (Lipinski definition) is 0. The van der Waals surface area contributed by atoms with Gasteiger partial charge >= 0.3 is 0 Å². The predicted molar refractivity (Wildman–Crippen MR) is 145 cm³/mol. The molecule has 0 aromatic carbocycles. The molecule has 2 radical (unpaired) electrons. The van der Waals surface area contributed by atoms with Crippen LogP contribution in [0.4, 0.5) is 0 Å². The molecular weight excluding hydrogens is 407 g/mol. The molecule has 0 fully saturated rings. The van der Waals surface area contributed by atoms with E-state index >= 15 is 0 Å².